The summed E-state index contributed by atoms with van der Waals surface area (Å²) in [5, 5.41) is 5.52. The van der Waals surface area contributed by atoms with Crippen LogP contribution in [-0.2, 0) is 20.9 Å². The van der Waals surface area contributed by atoms with Gasteiger partial charge in [0.1, 0.15) is 0 Å². The van der Waals surface area contributed by atoms with Crippen LogP contribution in [0.25, 0.3) is 0 Å². The van der Waals surface area contributed by atoms with Crippen LogP contribution in [0.1, 0.15) is 23.7 Å². The fourth-order valence-electron chi connectivity index (χ4n) is 2.20. The molecule has 2 aromatic rings. The van der Waals surface area contributed by atoms with Crippen LogP contribution in [0.4, 0.5) is 0 Å². The number of rotatable bonds is 8. The minimum absolute atomic E-state index is 0.124. The van der Waals surface area contributed by atoms with Gasteiger partial charge in [-0.05, 0) is 23.3 Å². The van der Waals surface area contributed by atoms with Gasteiger partial charge in [-0.3, -0.25) is 14.6 Å². The summed E-state index contributed by atoms with van der Waals surface area (Å²) < 4.78 is 5.24. The molecular weight excluding hydrogens is 306 g/mol. The Hall–Kier alpha value is -2.73. The van der Waals surface area contributed by atoms with Crippen LogP contribution in [0, 0.1) is 0 Å². The number of nitrogens with one attached hydrogen (secondary N) is 2. The van der Waals surface area contributed by atoms with Gasteiger partial charge in [0.25, 0.3) is 5.91 Å². The Morgan fingerprint density at radius 2 is 1.79 bits per heavy atom. The number of hydrogen-bond donors (Lipinski definition) is 2. The first-order chi connectivity index (χ1) is 11.7. The molecule has 1 heterocycles. The second-order valence-corrected chi connectivity index (χ2v) is 5.20. The highest BCUT2D eigenvalue weighted by molar-refractivity contribution is 5.83. The molecule has 0 aliphatic heterocycles. The highest BCUT2D eigenvalue weighted by atomic mass is 16.5. The van der Waals surface area contributed by atoms with Crippen LogP contribution in [0.2, 0.25) is 0 Å². The van der Waals surface area contributed by atoms with Gasteiger partial charge in [0.15, 0.2) is 6.10 Å². The molecular formula is C18H21N3O3. The molecule has 6 nitrogen and oxygen atoms in total. The third-order valence-electron chi connectivity index (χ3n) is 3.47. The normalized spacial score (nSPS) is 11.5. The number of carbonyl (C=O) groups excluding carboxylic acids is 2. The number of amides is 2. The van der Waals surface area contributed by atoms with Gasteiger partial charge >= 0.3 is 0 Å². The summed E-state index contributed by atoms with van der Waals surface area (Å²) in [5.74, 6) is -0.383. The van der Waals surface area contributed by atoms with E-state index >= 15 is 0 Å². The summed E-state index contributed by atoms with van der Waals surface area (Å²) in [7, 11) is 1.48. The van der Waals surface area contributed by atoms with Crippen molar-refractivity contribution in [2.24, 2.45) is 0 Å². The highest BCUT2D eigenvalue weighted by Crippen LogP contribution is 2.15. The largest absolute Gasteiger partial charge is 0.367 e. The monoisotopic (exact) mass is 327 g/mol. The Morgan fingerprint density at radius 3 is 2.46 bits per heavy atom. The van der Waals surface area contributed by atoms with Gasteiger partial charge < -0.3 is 15.4 Å². The average molecular weight is 327 g/mol. The van der Waals surface area contributed by atoms with E-state index in [-0.39, 0.29) is 24.8 Å². The van der Waals surface area contributed by atoms with Crippen molar-refractivity contribution in [3.63, 3.8) is 0 Å². The van der Waals surface area contributed by atoms with E-state index < -0.39 is 6.10 Å². The quantitative estimate of drug-likeness (QED) is 0.771. The predicted molar refractivity (Wildman–Crippen MR) is 89.9 cm³/mol. The summed E-state index contributed by atoms with van der Waals surface area (Å²) in [6.45, 7) is 0.702. The Kier molecular flexibility index (Phi) is 6.91. The van der Waals surface area contributed by atoms with Crippen molar-refractivity contribution >= 4 is 11.8 Å². The van der Waals surface area contributed by atoms with E-state index in [1.54, 1.807) is 12.4 Å². The topological polar surface area (TPSA) is 80.3 Å². The van der Waals surface area contributed by atoms with Crippen molar-refractivity contribution < 1.29 is 14.3 Å². The molecule has 1 aromatic heterocycles. The van der Waals surface area contributed by atoms with Crippen LogP contribution in [0.3, 0.4) is 0 Å². The second kappa shape index (κ2) is 9.42. The van der Waals surface area contributed by atoms with Crippen LogP contribution >= 0.6 is 0 Å². The van der Waals surface area contributed by atoms with Crippen molar-refractivity contribution in [3.8, 4) is 0 Å². The molecule has 0 spiro atoms. The van der Waals surface area contributed by atoms with E-state index in [9.17, 15) is 9.59 Å². The maximum Gasteiger partial charge on any atom is 0.253 e. The Morgan fingerprint density at radius 1 is 1.08 bits per heavy atom. The van der Waals surface area contributed by atoms with Gasteiger partial charge in [-0.2, -0.15) is 0 Å². The minimum Gasteiger partial charge on any atom is -0.367 e. The summed E-state index contributed by atoms with van der Waals surface area (Å²) in [4.78, 5) is 27.9. The third kappa shape index (κ3) is 5.48. The van der Waals surface area contributed by atoms with E-state index in [0.29, 0.717) is 6.54 Å². The summed E-state index contributed by atoms with van der Waals surface area (Å²) >= 11 is 0. The first-order valence-corrected chi connectivity index (χ1v) is 7.71. The maximum absolute atomic E-state index is 12.2. The van der Waals surface area contributed by atoms with Crippen molar-refractivity contribution in [2.75, 3.05) is 13.7 Å². The van der Waals surface area contributed by atoms with E-state index in [4.69, 9.17) is 4.74 Å². The minimum atomic E-state index is -0.675. The lowest BCUT2D eigenvalue weighted by atomic mass is 10.1. The van der Waals surface area contributed by atoms with Crippen LogP contribution < -0.4 is 10.6 Å². The van der Waals surface area contributed by atoms with Crippen LogP contribution in [-0.4, -0.2) is 30.5 Å². The molecule has 1 atom stereocenters. The van der Waals surface area contributed by atoms with Gasteiger partial charge in [-0.25, -0.2) is 0 Å². The van der Waals surface area contributed by atoms with Gasteiger partial charge in [0.2, 0.25) is 5.91 Å². The van der Waals surface area contributed by atoms with Gasteiger partial charge in [-0.1, -0.05) is 30.3 Å². The maximum atomic E-state index is 12.2. The van der Waals surface area contributed by atoms with E-state index in [0.717, 1.165) is 11.1 Å². The number of hydrogen-bond acceptors (Lipinski definition) is 4. The number of aromatic nitrogens is 1. The van der Waals surface area contributed by atoms with E-state index in [1.807, 2.05) is 42.5 Å². The van der Waals surface area contributed by atoms with Crippen molar-refractivity contribution in [2.45, 2.75) is 19.1 Å². The standard InChI is InChI=1S/C18H21N3O3/c1-24-17(15-5-3-2-4-6-15)18(23)20-12-9-16(22)21-13-14-7-10-19-11-8-14/h2-8,10-11,17H,9,12-13H2,1H3,(H,20,23)(H,21,22). The third-order valence-corrected chi connectivity index (χ3v) is 3.47. The SMILES string of the molecule is COC(C(=O)NCCC(=O)NCc1ccncc1)c1ccccc1. The molecule has 0 bridgehead atoms. The number of carbonyl (C=O) groups is 2. The molecule has 2 amide bonds. The smallest absolute Gasteiger partial charge is 0.253 e. The number of methoxy groups -OCH3 is 1. The Labute approximate surface area is 141 Å². The molecule has 1 aromatic carbocycles. The lowest BCUT2D eigenvalue weighted by Crippen LogP contribution is -2.34. The lowest BCUT2D eigenvalue weighted by molar-refractivity contribution is -0.131. The first kappa shape index (κ1) is 17.6. The second-order valence-electron chi connectivity index (χ2n) is 5.20. The molecule has 2 rings (SSSR count). The van der Waals surface area contributed by atoms with E-state index in [2.05, 4.69) is 15.6 Å². The average Bonchev–Trinajstić information content (AvgIpc) is 2.62. The van der Waals surface area contributed by atoms with Crippen molar-refractivity contribution in [3.05, 3.63) is 66.0 Å². The summed E-state index contributed by atoms with van der Waals surface area (Å²) in [5.41, 5.74) is 1.76. The molecule has 0 saturated heterocycles. The molecule has 0 aliphatic carbocycles. The fraction of sp³-hybridized carbons (Fsp3) is 0.278. The first-order valence-electron chi connectivity index (χ1n) is 7.71. The number of benzene rings is 1. The highest BCUT2D eigenvalue weighted by Gasteiger charge is 2.19. The summed E-state index contributed by atoms with van der Waals surface area (Å²) in [6, 6.07) is 12.9. The van der Waals surface area contributed by atoms with Gasteiger partial charge in [0, 0.05) is 39.0 Å². The number of nitrogens with zero attached hydrogens (tertiary/aromatic N) is 1. The molecule has 0 saturated carbocycles. The fourth-order valence-corrected chi connectivity index (χ4v) is 2.20. The van der Waals surface area contributed by atoms with Gasteiger partial charge in [-0.15, -0.1) is 0 Å². The number of ether oxygens (including phenoxy) is 1. The van der Waals surface area contributed by atoms with E-state index in [1.165, 1.54) is 7.11 Å². The zero-order valence-electron chi connectivity index (χ0n) is 13.6. The molecule has 6 heteroatoms. The lowest BCUT2D eigenvalue weighted by Gasteiger charge is -2.15. The molecule has 0 radical (unpaired) electrons. The molecule has 1 unspecified atom stereocenters. The van der Waals surface area contributed by atoms with Crippen molar-refractivity contribution in [1.29, 1.82) is 0 Å². The van der Waals surface area contributed by atoms with Gasteiger partial charge in [0.05, 0.1) is 0 Å². The molecule has 0 fully saturated rings. The Balaban J connectivity index is 1.72. The van der Waals surface area contributed by atoms with Crippen LogP contribution in [0.5, 0.6) is 0 Å². The predicted octanol–water partition coefficient (Wildman–Crippen LogP) is 1.59. The molecule has 126 valence electrons. The van der Waals surface area contributed by atoms with Crippen molar-refractivity contribution in [1.82, 2.24) is 15.6 Å². The van der Waals surface area contributed by atoms with Crippen LogP contribution in [0.15, 0.2) is 54.9 Å². The molecule has 0 aliphatic rings. The summed E-state index contributed by atoms with van der Waals surface area (Å²) in [6.07, 6.45) is 2.89. The zero-order chi connectivity index (χ0) is 17.2. The molecule has 2 N–H and O–H groups in total. The zero-order valence-corrected chi connectivity index (χ0v) is 13.6. The Bertz CT molecular complexity index is 647. The molecule has 24 heavy (non-hydrogen) atoms. The number of pyridine rings is 1.